The van der Waals surface area contributed by atoms with Gasteiger partial charge < -0.3 is 10.1 Å². The van der Waals surface area contributed by atoms with E-state index in [4.69, 9.17) is 4.74 Å². The van der Waals surface area contributed by atoms with Gasteiger partial charge in [-0.2, -0.15) is 0 Å². The molecule has 0 radical (unpaired) electrons. The van der Waals surface area contributed by atoms with E-state index in [9.17, 15) is 0 Å². The molecule has 0 spiro atoms. The maximum Gasteiger partial charge on any atom is 0.133 e. The van der Waals surface area contributed by atoms with Crippen LogP contribution in [0.15, 0.2) is 22.7 Å². The van der Waals surface area contributed by atoms with Crippen molar-refractivity contribution in [1.82, 2.24) is 5.32 Å². The van der Waals surface area contributed by atoms with Gasteiger partial charge in [0.15, 0.2) is 0 Å². The predicted octanol–water partition coefficient (Wildman–Crippen LogP) is 4.93. The van der Waals surface area contributed by atoms with E-state index in [0.717, 1.165) is 34.5 Å². The Kier molecular flexibility index (Phi) is 4.90. The Hall–Kier alpha value is -0.540. The van der Waals surface area contributed by atoms with Crippen molar-refractivity contribution < 1.29 is 4.74 Å². The van der Waals surface area contributed by atoms with Gasteiger partial charge >= 0.3 is 0 Å². The van der Waals surface area contributed by atoms with Crippen LogP contribution >= 0.6 is 15.9 Å². The summed E-state index contributed by atoms with van der Waals surface area (Å²) in [7, 11) is 0. The predicted molar refractivity (Wildman–Crippen MR) is 90.7 cm³/mol. The summed E-state index contributed by atoms with van der Waals surface area (Å²) in [6.07, 6.45) is 5.51. The van der Waals surface area contributed by atoms with Crippen molar-refractivity contribution in [2.24, 2.45) is 17.8 Å². The van der Waals surface area contributed by atoms with Crippen molar-refractivity contribution in [3.8, 4) is 5.75 Å². The molecule has 0 bridgehead atoms. The normalized spacial score (nSPS) is 28.2. The average Bonchev–Trinajstić information content (AvgIpc) is 3.09. The first kappa shape index (κ1) is 15.4. The fraction of sp³-hybridized carbons (Fsp3) is 0.667. The fourth-order valence-electron chi connectivity index (χ4n) is 3.87. The number of halogens is 1. The number of rotatable bonds is 7. The maximum absolute atomic E-state index is 5.63. The molecule has 116 valence electrons. The Morgan fingerprint density at radius 2 is 2.00 bits per heavy atom. The maximum atomic E-state index is 5.63. The highest BCUT2D eigenvalue weighted by Gasteiger charge is 2.47. The summed E-state index contributed by atoms with van der Waals surface area (Å²) >= 11 is 3.66. The van der Waals surface area contributed by atoms with E-state index in [1.54, 1.807) is 0 Å². The van der Waals surface area contributed by atoms with Crippen LogP contribution < -0.4 is 10.1 Å². The topological polar surface area (TPSA) is 21.3 Å². The van der Waals surface area contributed by atoms with E-state index in [0.29, 0.717) is 12.6 Å². The molecule has 2 saturated carbocycles. The zero-order valence-corrected chi connectivity index (χ0v) is 14.7. The third kappa shape index (κ3) is 3.45. The van der Waals surface area contributed by atoms with Gasteiger partial charge in [0.05, 0.1) is 11.1 Å². The molecule has 1 aromatic rings. The van der Waals surface area contributed by atoms with Crippen LogP contribution in [0.5, 0.6) is 5.75 Å². The molecule has 2 fully saturated rings. The highest BCUT2D eigenvalue weighted by molar-refractivity contribution is 9.10. The molecule has 0 heterocycles. The van der Waals surface area contributed by atoms with Crippen LogP contribution in [-0.4, -0.2) is 13.2 Å². The van der Waals surface area contributed by atoms with Crippen molar-refractivity contribution in [1.29, 1.82) is 0 Å². The van der Waals surface area contributed by atoms with Crippen molar-refractivity contribution in [2.75, 3.05) is 13.2 Å². The molecular formula is C18H26BrNO. The lowest BCUT2D eigenvalue weighted by Gasteiger charge is -2.27. The smallest absolute Gasteiger partial charge is 0.133 e. The van der Waals surface area contributed by atoms with E-state index in [1.165, 1.54) is 31.2 Å². The zero-order valence-electron chi connectivity index (χ0n) is 13.1. The molecule has 3 unspecified atom stereocenters. The minimum absolute atomic E-state index is 0.504. The zero-order chi connectivity index (χ0) is 14.8. The fourth-order valence-corrected chi connectivity index (χ4v) is 4.38. The minimum Gasteiger partial charge on any atom is -0.493 e. The molecule has 0 aliphatic heterocycles. The number of hydrogen-bond donors (Lipinski definition) is 1. The van der Waals surface area contributed by atoms with Gasteiger partial charge in [-0.1, -0.05) is 13.0 Å². The van der Waals surface area contributed by atoms with Crippen molar-refractivity contribution >= 4 is 15.9 Å². The quantitative estimate of drug-likeness (QED) is 0.751. The van der Waals surface area contributed by atoms with Crippen molar-refractivity contribution in [2.45, 2.75) is 45.6 Å². The monoisotopic (exact) mass is 351 g/mol. The first-order valence-corrected chi connectivity index (χ1v) is 9.17. The van der Waals surface area contributed by atoms with Gasteiger partial charge in [-0.25, -0.2) is 0 Å². The summed E-state index contributed by atoms with van der Waals surface area (Å²) in [6, 6.07) is 7.11. The molecule has 3 heteroatoms. The van der Waals surface area contributed by atoms with Gasteiger partial charge in [0, 0.05) is 6.04 Å². The Labute approximate surface area is 136 Å². The van der Waals surface area contributed by atoms with Crippen LogP contribution in [0.1, 0.15) is 51.1 Å². The molecule has 1 aromatic carbocycles. The van der Waals surface area contributed by atoms with E-state index < -0.39 is 0 Å². The van der Waals surface area contributed by atoms with E-state index >= 15 is 0 Å². The van der Waals surface area contributed by atoms with Gasteiger partial charge in [0.2, 0.25) is 0 Å². The van der Waals surface area contributed by atoms with E-state index in [-0.39, 0.29) is 0 Å². The molecule has 3 rings (SSSR count). The minimum atomic E-state index is 0.504. The number of nitrogens with one attached hydrogen (secondary N) is 1. The summed E-state index contributed by atoms with van der Waals surface area (Å²) in [4.78, 5) is 0. The van der Waals surface area contributed by atoms with Gasteiger partial charge in [-0.3, -0.25) is 0 Å². The lowest BCUT2D eigenvalue weighted by molar-refractivity contribution is 0.333. The Balaban J connectivity index is 1.76. The number of benzene rings is 1. The van der Waals surface area contributed by atoms with Gasteiger partial charge in [-0.15, -0.1) is 0 Å². The van der Waals surface area contributed by atoms with Gasteiger partial charge in [0.25, 0.3) is 0 Å². The van der Waals surface area contributed by atoms with Crippen molar-refractivity contribution in [3.05, 3.63) is 28.2 Å². The Morgan fingerprint density at radius 1 is 1.24 bits per heavy atom. The molecule has 2 aliphatic rings. The van der Waals surface area contributed by atoms with E-state index in [2.05, 4.69) is 46.4 Å². The van der Waals surface area contributed by atoms with Crippen LogP contribution in [-0.2, 0) is 0 Å². The second kappa shape index (κ2) is 6.70. The Bertz CT molecular complexity index is 480. The SMILES string of the molecule is CCCNC(c1ccc(OCC)c(Br)c1)C1CC2CC2C1. The lowest BCUT2D eigenvalue weighted by atomic mass is 9.89. The second-order valence-electron chi connectivity index (χ2n) is 6.54. The van der Waals surface area contributed by atoms with Crippen LogP contribution in [0.3, 0.4) is 0 Å². The molecule has 0 saturated heterocycles. The lowest BCUT2D eigenvalue weighted by Crippen LogP contribution is -2.28. The third-order valence-corrected chi connectivity index (χ3v) is 5.60. The van der Waals surface area contributed by atoms with Crippen molar-refractivity contribution in [3.63, 3.8) is 0 Å². The number of hydrogen-bond acceptors (Lipinski definition) is 2. The molecule has 0 amide bonds. The molecule has 1 N–H and O–H groups in total. The molecule has 21 heavy (non-hydrogen) atoms. The van der Waals surface area contributed by atoms with Gasteiger partial charge in [-0.05, 0) is 90.5 Å². The average molecular weight is 352 g/mol. The van der Waals surface area contributed by atoms with Crippen LogP contribution in [0.4, 0.5) is 0 Å². The van der Waals surface area contributed by atoms with Gasteiger partial charge in [0.1, 0.15) is 5.75 Å². The standard InChI is InChI=1S/C18H26BrNO/c1-3-7-20-18(15-9-13-8-14(13)10-15)12-5-6-17(21-4-2)16(19)11-12/h5-6,11,13-15,18,20H,3-4,7-10H2,1-2H3. The molecule has 0 aromatic heterocycles. The number of ether oxygens (including phenoxy) is 1. The van der Waals surface area contributed by atoms with Crippen LogP contribution in [0.25, 0.3) is 0 Å². The number of fused-ring (bicyclic) bond motifs is 1. The van der Waals surface area contributed by atoms with Crippen LogP contribution in [0.2, 0.25) is 0 Å². The summed E-state index contributed by atoms with van der Waals surface area (Å²) < 4.78 is 6.71. The molecule has 2 nitrogen and oxygen atoms in total. The third-order valence-electron chi connectivity index (χ3n) is 4.98. The molecule has 3 atom stereocenters. The summed E-state index contributed by atoms with van der Waals surface area (Å²) in [5, 5.41) is 3.79. The van der Waals surface area contributed by atoms with E-state index in [1.807, 2.05) is 6.92 Å². The summed E-state index contributed by atoms with van der Waals surface area (Å²) in [6.45, 7) is 6.07. The first-order chi connectivity index (χ1) is 10.2. The summed E-state index contributed by atoms with van der Waals surface area (Å²) in [5.41, 5.74) is 1.41. The first-order valence-electron chi connectivity index (χ1n) is 8.38. The molecule has 2 aliphatic carbocycles. The molecular weight excluding hydrogens is 326 g/mol. The second-order valence-corrected chi connectivity index (χ2v) is 7.40. The largest absolute Gasteiger partial charge is 0.493 e. The Morgan fingerprint density at radius 3 is 2.62 bits per heavy atom. The van der Waals surface area contributed by atoms with Crippen LogP contribution in [0, 0.1) is 17.8 Å². The highest BCUT2D eigenvalue weighted by atomic mass is 79.9. The highest BCUT2D eigenvalue weighted by Crippen LogP contribution is 2.57. The summed E-state index contributed by atoms with van der Waals surface area (Å²) in [5.74, 6) is 3.83.